The van der Waals surface area contributed by atoms with Crippen LogP contribution in [0.3, 0.4) is 0 Å². The van der Waals surface area contributed by atoms with Crippen LogP contribution in [0.25, 0.3) is 0 Å². The molecule has 1 aliphatic rings. The summed E-state index contributed by atoms with van der Waals surface area (Å²) >= 11 is 0. The molecule has 0 saturated carbocycles. The Morgan fingerprint density at radius 3 is 2.47 bits per heavy atom. The van der Waals surface area contributed by atoms with Gasteiger partial charge in [-0.2, -0.15) is 13.1 Å². The van der Waals surface area contributed by atoms with Gasteiger partial charge in [0.25, 0.3) is 5.91 Å². The number of methoxy groups -OCH3 is 1. The molecule has 0 radical (unpaired) electrons. The summed E-state index contributed by atoms with van der Waals surface area (Å²) in [4.78, 5) is 22.7. The number of ether oxygens (including phenoxy) is 1. The zero-order chi connectivity index (χ0) is 14.0. The lowest BCUT2D eigenvalue weighted by molar-refractivity contribution is -0.124. The molecule has 0 unspecified atom stereocenters. The molecule has 1 heterocycles. The molecule has 0 atom stereocenters. The van der Waals surface area contributed by atoms with Crippen LogP contribution < -0.4 is 4.72 Å². The van der Waals surface area contributed by atoms with Gasteiger partial charge in [0.05, 0.1) is 25.8 Å². The van der Waals surface area contributed by atoms with Crippen LogP contribution in [0, 0.1) is 0 Å². The SMILES string of the molecule is COC(=O)c1ccc(CN2C(=O)CNS2(=O)=O)cc1. The van der Waals surface area contributed by atoms with Crippen molar-refractivity contribution in [1.82, 2.24) is 9.03 Å². The summed E-state index contributed by atoms with van der Waals surface area (Å²) in [5.74, 6) is -0.977. The molecule has 1 aromatic rings. The van der Waals surface area contributed by atoms with Crippen molar-refractivity contribution in [2.45, 2.75) is 6.54 Å². The first kappa shape index (κ1) is 13.5. The van der Waals surface area contributed by atoms with Crippen LogP contribution in [0.2, 0.25) is 0 Å². The molecular weight excluding hydrogens is 272 g/mol. The van der Waals surface area contributed by atoms with Crippen LogP contribution in [0.1, 0.15) is 15.9 Å². The number of nitrogens with one attached hydrogen (secondary N) is 1. The van der Waals surface area contributed by atoms with E-state index in [-0.39, 0.29) is 13.1 Å². The molecule has 8 heteroatoms. The van der Waals surface area contributed by atoms with Gasteiger partial charge < -0.3 is 4.74 Å². The van der Waals surface area contributed by atoms with E-state index in [9.17, 15) is 18.0 Å². The number of amides is 1. The van der Waals surface area contributed by atoms with Gasteiger partial charge in [-0.25, -0.2) is 9.10 Å². The zero-order valence-electron chi connectivity index (χ0n) is 10.1. The maximum absolute atomic E-state index is 11.5. The number of hydrogen-bond donors (Lipinski definition) is 1. The highest BCUT2D eigenvalue weighted by Gasteiger charge is 2.34. The van der Waals surface area contributed by atoms with E-state index in [2.05, 4.69) is 9.46 Å². The van der Waals surface area contributed by atoms with E-state index in [1.54, 1.807) is 12.1 Å². The highest BCUT2D eigenvalue weighted by atomic mass is 32.2. The molecular formula is C11H12N2O5S. The van der Waals surface area contributed by atoms with Gasteiger partial charge in [-0.3, -0.25) is 4.79 Å². The van der Waals surface area contributed by atoms with Gasteiger partial charge >= 0.3 is 16.2 Å². The van der Waals surface area contributed by atoms with E-state index < -0.39 is 22.1 Å². The predicted molar refractivity (Wildman–Crippen MR) is 65.3 cm³/mol. The average Bonchev–Trinajstić information content (AvgIpc) is 2.65. The predicted octanol–water partition coefficient (Wildman–Crippen LogP) is -0.350. The lowest BCUT2D eigenvalue weighted by Crippen LogP contribution is -2.31. The summed E-state index contributed by atoms with van der Waals surface area (Å²) in [5.41, 5.74) is 0.966. The van der Waals surface area contributed by atoms with Gasteiger partial charge in [-0.15, -0.1) is 0 Å². The molecule has 102 valence electrons. The third kappa shape index (κ3) is 2.74. The second-order valence-corrected chi connectivity index (χ2v) is 5.59. The van der Waals surface area contributed by atoms with E-state index in [0.717, 1.165) is 4.31 Å². The fourth-order valence-electron chi connectivity index (χ4n) is 1.66. The summed E-state index contributed by atoms with van der Waals surface area (Å²) in [6.45, 7) is -0.280. The lowest BCUT2D eigenvalue weighted by Gasteiger charge is -2.13. The fraction of sp³-hybridized carbons (Fsp3) is 0.273. The highest BCUT2D eigenvalue weighted by Crippen LogP contribution is 2.13. The van der Waals surface area contributed by atoms with Crippen molar-refractivity contribution < 1.29 is 22.7 Å². The van der Waals surface area contributed by atoms with Crippen LogP contribution in [0.15, 0.2) is 24.3 Å². The third-order valence-corrected chi connectivity index (χ3v) is 4.10. The third-order valence-electron chi connectivity index (χ3n) is 2.68. The zero-order valence-corrected chi connectivity index (χ0v) is 10.9. The topological polar surface area (TPSA) is 92.8 Å². The van der Waals surface area contributed by atoms with Crippen molar-refractivity contribution in [2.24, 2.45) is 0 Å². The Kier molecular flexibility index (Phi) is 3.54. The summed E-state index contributed by atoms with van der Waals surface area (Å²) in [7, 11) is -2.45. The minimum atomic E-state index is -3.72. The van der Waals surface area contributed by atoms with Crippen molar-refractivity contribution in [1.29, 1.82) is 0 Å². The van der Waals surface area contributed by atoms with E-state index in [0.29, 0.717) is 11.1 Å². The van der Waals surface area contributed by atoms with Crippen LogP contribution in [-0.4, -0.2) is 38.3 Å². The minimum Gasteiger partial charge on any atom is -0.465 e. The molecule has 0 bridgehead atoms. The van der Waals surface area contributed by atoms with Gasteiger partial charge in [0.1, 0.15) is 0 Å². The molecule has 19 heavy (non-hydrogen) atoms. The molecule has 1 N–H and O–H groups in total. The first-order chi connectivity index (χ1) is 8.94. The van der Waals surface area contributed by atoms with Crippen LogP contribution in [0.4, 0.5) is 0 Å². The molecule has 0 aromatic heterocycles. The molecule has 1 fully saturated rings. The molecule has 7 nitrogen and oxygen atoms in total. The second kappa shape index (κ2) is 4.98. The number of benzene rings is 1. The van der Waals surface area contributed by atoms with Crippen molar-refractivity contribution in [2.75, 3.05) is 13.7 Å². The summed E-state index contributed by atoms with van der Waals surface area (Å²) in [6.07, 6.45) is 0. The van der Waals surface area contributed by atoms with Crippen LogP contribution in [0.5, 0.6) is 0 Å². The van der Waals surface area contributed by atoms with Gasteiger partial charge in [-0.05, 0) is 17.7 Å². The van der Waals surface area contributed by atoms with E-state index in [4.69, 9.17) is 0 Å². The normalized spacial score (nSPS) is 17.5. The largest absolute Gasteiger partial charge is 0.465 e. The Balaban J connectivity index is 2.16. The first-order valence-electron chi connectivity index (χ1n) is 5.41. The second-order valence-electron chi connectivity index (χ2n) is 3.92. The monoisotopic (exact) mass is 284 g/mol. The Morgan fingerprint density at radius 1 is 1.37 bits per heavy atom. The fourth-order valence-corrected chi connectivity index (χ4v) is 2.77. The van der Waals surface area contributed by atoms with E-state index >= 15 is 0 Å². The number of carbonyl (C=O) groups excluding carboxylic acids is 2. The van der Waals surface area contributed by atoms with Crippen molar-refractivity contribution in [3.8, 4) is 0 Å². The number of hydrogen-bond acceptors (Lipinski definition) is 5. The Hall–Kier alpha value is -1.93. The standard InChI is InChI=1S/C11H12N2O5S/c1-18-11(15)9-4-2-8(3-5-9)7-13-10(14)6-12-19(13,16)17/h2-5,12H,6-7H2,1H3. The van der Waals surface area contributed by atoms with Crippen molar-refractivity contribution in [3.63, 3.8) is 0 Å². The van der Waals surface area contributed by atoms with Gasteiger partial charge in [-0.1, -0.05) is 12.1 Å². The Morgan fingerprint density at radius 2 is 2.00 bits per heavy atom. The van der Waals surface area contributed by atoms with Crippen molar-refractivity contribution in [3.05, 3.63) is 35.4 Å². The van der Waals surface area contributed by atoms with Gasteiger partial charge in [0.2, 0.25) is 0 Å². The molecule has 1 aromatic carbocycles. The summed E-state index contributed by atoms with van der Waals surface area (Å²) in [5, 5.41) is 0. The average molecular weight is 284 g/mol. The Bertz CT molecular complexity index is 608. The van der Waals surface area contributed by atoms with Crippen LogP contribution >= 0.6 is 0 Å². The smallest absolute Gasteiger partial charge is 0.337 e. The number of esters is 1. The molecule has 0 aliphatic carbocycles. The Labute approximate surface area is 110 Å². The van der Waals surface area contributed by atoms with E-state index in [1.807, 2.05) is 0 Å². The number of rotatable bonds is 3. The highest BCUT2D eigenvalue weighted by molar-refractivity contribution is 7.88. The molecule has 1 amide bonds. The molecule has 1 saturated heterocycles. The summed E-state index contributed by atoms with van der Waals surface area (Å²) in [6, 6.07) is 6.18. The first-order valence-corrected chi connectivity index (χ1v) is 6.85. The van der Waals surface area contributed by atoms with Crippen LogP contribution in [-0.2, 0) is 26.3 Å². The molecule has 0 spiro atoms. The summed E-state index contributed by atoms with van der Waals surface area (Å²) < 4.78 is 30.5. The van der Waals surface area contributed by atoms with Crippen molar-refractivity contribution >= 4 is 22.1 Å². The van der Waals surface area contributed by atoms with Gasteiger partial charge in [0.15, 0.2) is 0 Å². The maximum Gasteiger partial charge on any atom is 0.337 e. The molecule has 1 aliphatic heterocycles. The number of nitrogens with zero attached hydrogens (tertiary/aromatic N) is 1. The quantitative estimate of drug-likeness (QED) is 0.766. The minimum absolute atomic E-state index is 0.0599. The van der Waals surface area contributed by atoms with E-state index in [1.165, 1.54) is 19.2 Å². The molecule has 2 rings (SSSR count). The van der Waals surface area contributed by atoms with Gasteiger partial charge in [0, 0.05) is 0 Å². The maximum atomic E-state index is 11.5. The lowest BCUT2D eigenvalue weighted by atomic mass is 10.1. The number of carbonyl (C=O) groups is 2.